The summed E-state index contributed by atoms with van der Waals surface area (Å²) in [4.78, 5) is 16.9. The monoisotopic (exact) mass is 386 g/mol. The highest BCUT2D eigenvalue weighted by Crippen LogP contribution is 2.24. The number of imidazole rings is 1. The second-order valence-electron chi connectivity index (χ2n) is 7.09. The Bertz CT molecular complexity index is 1010. The SMILES string of the molecule is N#CCc1ccc(OCC(=O)Nc2ccc(-c3cn4c(n3)CCCC4)cc2)cc1. The van der Waals surface area contributed by atoms with Crippen molar-refractivity contribution >= 4 is 11.6 Å². The molecule has 2 heterocycles. The van der Waals surface area contributed by atoms with E-state index in [1.165, 1.54) is 12.8 Å². The van der Waals surface area contributed by atoms with Crippen molar-refractivity contribution in [3.05, 3.63) is 66.1 Å². The second kappa shape index (κ2) is 8.61. The predicted octanol–water partition coefficient (Wildman–Crippen LogP) is 3.97. The van der Waals surface area contributed by atoms with Crippen LogP contribution in [0.15, 0.2) is 54.7 Å². The highest BCUT2D eigenvalue weighted by atomic mass is 16.5. The van der Waals surface area contributed by atoms with Gasteiger partial charge in [-0.05, 0) is 42.7 Å². The maximum Gasteiger partial charge on any atom is 0.262 e. The van der Waals surface area contributed by atoms with Gasteiger partial charge in [0.15, 0.2) is 6.61 Å². The van der Waals surface area contributed by atoms with E-state index >= 15 is 0 Å². The summed E-state index contributed by atoms with van der Waals surface area (Å²) in [5.41, 5.74) is 3.65. The standard InChI is InChI=1S/C23H22N4O2/c24-13-12-17-4-10-20(11-5-17)29-16-23(28)25-19-8-6-18(7-9-19)21-15-27-14-2-1-3-22(27)26-21/h4-11,15H,1-3,12,14,16H2,(H,25,28). The first-order chi connectivity index (χ1) is 14.2. The topological polar surface area (TPSA) is 79.9 Å². The summed E-state index contributed by atoms with van der Waals surface area (Å²) < 4.78 is 7.74. The van der Waals surface area contributed by atoms with Crippen LogP contribution in [0.4, 0.5) is 5.69 Å². The van der Waals surface area contributed by atoms with Crippen molar-refractivity contribution in [2.75, 3.05) is 11.9 Å². The van der Waals surface area contributed by atoms with E-state index in [0.29, 0.717) is 12.2 Å². The van der Waals surface area contributed by atoms with E-state index in [-0.39, 0.29) is 12.5 Å². The molecule has 0 saturated heterocycles. The number of rotatable bonds is 6. The first-order valence-corrected chi connectivity index (χ1v) is 9.76. The van der Waals surface area contributed by atoms with Crippen LogP contribution in [0.3, 0.4) is 0 Å². The van der Waals surface area contributed by atoms with Gasteiger partial charge in [0.1, 0.15) is 11.6 Å². The van der Waals surface area contributed by atoms with Gasteiger partial charge in [-0.15, -0.1) is 0 Å². The lowest BCUT2D eigenvalue weighted by atomic mass is 10.1. The number of nitrogens with zero attached hydrogens (tertiary/aromatic N) is 3. The highest BCUT2D eigenvalue weighted by Gasteiger charge is 2.13. The van der Waals surface area contributed by atoms with Gasteiger partial charge < -0.3 is 14.6 Å². The summed E-state index contributed by atoms with van der Waals surface area (Å²) in [6.07, 6.45) is 5.92. The van der Waals surface area contributed by atoms with Gasteiger partial charge in [-0.25, -0.2) is 4.98 Å². The maximum absolute atomic E-state index is 12.1. The summed E-state index contributed by atoms with van der Waals surface area (Å²) >= 11 is 0. The van der Waals surface area contributed by atoms with Crippen LogP contribution in [0.25, 0.3) is 11.3 Å². The Kier molecular flexibility index (Phi) is 5.57. The minimum absolute atomic E-state index is 0.0763. The van der Waals surface area contributed by atoms with Gasteiger partial charge in [0.25, 0.3) is 5.91 Å². The van der Waals surface area contributed by atoms with Crippen LogP contribution >= 0.6 is 0 Å². The normalized spacial score (nSPS) is 12.7. The zero-order chi connectivity index (χ0) is 20.1. The molecule has 6 nitrogen and oxygen atoms in total. The van der Waals surface area contributed by atoms with Gasteiger partial charge in [0.05, 0.1) is 18.2 Å². The van der Waals surface area contributed by atoms with E-state index in [1.807, 2.05) is 36.4 Å². The average Bonchev–Trinajstić information content (AvgIpc) is 3.18. The zero-order valence-electron chi connectivity index (χ0n) is 16.1. The number of aryl methyl sites for hydroxylation is 2. The Hall–Kier alpha value is -3.59. The summed E-state index contributed by atoms with van der Waals surface area (Å²) in [6.45, 7) is 0.963. The number of hydrogen-bond donors (Lipinski definition) is 1. The van der Waals surface area contributed by atoms with Crippen molar-refractivity contribution < 1.29 is 9.53 Å². The van der Waals surface area contributed by atoms with Gasteiger partial charge >= 0.3 is 0 Å². The lowest BCUT2D eigenvalue weighted by Crippen LogP contribution is -2.20. The number of ether oxygens (including phenoxy) is 1. The van der Waals surface area contributed by atoms with Gasteiger partial charge in [-0.1, -0.05) is 24.3 Å². The number of carbonyl (C=O) groups excluding carboxylic acids is 1. The molecule has 146 valence electrons. The number of amides is 1. The molecule has 1 N–H and O–H groups in total. The minimum atomic E-state index is -0.226. The fourth-order valence-electron chi connectivity index (χ4n) is 3.42. The Morgan fingerprint density at radius 3 is 2.66 bits per heavy atom. The molecule has 1 aliphatic heterocycles. The van der Waals surface area contributed by atoms with Gasteiger partial charge in [0, 0.05) is 30.4 Å². The van der Waals surface area contributed by atoms with E-state index in [2.05, 4.69) is 22.1 Å². The smallest absolute Gasteiger partial charge is 0.262 e. The van der Waals surface area contributed by atoms with Crippen molar-refractivity contribution in [2.24, 2.45) is 0 Å². The molecule has 0 aliphatic carbocycles. The highest BCUT2D eigenvalue weighted by molar-refractivity contribution is 5.92. The molecule has 1 aromatic heterocycles. The first-order valence-electron chi connectivity index (χ1n) is 9.76. The number of fused-ring (bicyclic) bond motifs is 1. The Labute approximate surface area is 169 Å². The molecule has 0 unspecified atom stereocenters. The maximum atomic E-state index is 12.1. The van der Waals surface area contributed by atoms with Crippen molar-refractivity contribution in [1.82, 2.24) is 9.55 Å². The van der Waals surface area contributed by atoms with Crippen LogP contribution in [0.1, 0.15) is 24.2 Å². The molecule has 1 amide bonds. The number of nitriles is 1. The number of nitrogens with one attached hydrogen (secondary N) is 1. The largest absolute Gasteiger partial charge is 0.484 e. The molecule has 0 bridgehead atoms. The molecule has 1 aliphatic rings. The van der Waals surface area contributed by atoms with Crippen LogP contribution in [0.5, 0.6) is 5.75 Å². The molecular formula is C23H22N4O2. The van der Waals surface area contributed by atoms with E-state index in [9.17, 15) is 4.79 Å². The lowest BCUT2D eigenvalue weighted by molar-refractivity contribution is -0.118. The lowest BCUT2D eigenvalue weighted by Gasteiger charge is -2.11. The minimum Gasteiger partial charge on any atom is -0.484 e. The molecule has 0 saturated carbocycles. The Balaban J connectivity index is 1.32. The van der Waals surface area contributed by atoms with Crippen molar-refractivity contribution in [3.8, 4) is 23.1 Å². The summed E-state index contributed by atoms with van der Waals surface area (Å²) in [7, 11) is 0. The first kappa shape index (κ1) is 18.8. The molecule has 0 radical (unpaired) electrons. The third kappa shape index (κ3) is 4.64. The predicted molar refractivity (Wildman–Crippen MR) is 110 cm³/mol. The molecule has 4 rings (SSSR count). The fraction of sp³-hybridized carbons (Fsp3) is 0.261. The number of carbonyl (C=O) groups is 1. The third-order valence-corrected chi connectivity index (χ3v) is 4.95. The molecule has 2 aromatic carbocycles. The van der Waals surface area contributed by atoms with Crippen LogP contribution < -0.4 is 10.1 Å². The molecule has 3 aromatic rings. The Morgan fingerprint density at radius 1 is 1.14 bits per heavy atom. The molecule has 0 spiro atoms. The molecule has 29 heavy (non-hydrogen) atoms. The number of aromatic nitrogens is 2. The number of hydrogen-bond acceptors (Lipinski definition) is 4. The van der Waals surface area contributed by atoms with E-state index in [1.54, 1.807) is 12.1 Å². The van der Waals surface area contributed by atoms with Crippen LogP contribution in [0, 0.1) is 11.3 Å². The summed E-state index contributed by atoms with van der Waals surface area (Å²) in [5.74, 6) is 1.53. The average molecular weight is 386 g/mol. The summed E-state index contributed by atoms with van der Waals surface area (Å²) in [5, 5.41) is 11.5. The van der Waals surface area contributed by atoms with Crippen molar-refractivity contribution in [2.45, 2.75) is 32.2 Å². The molecule has 0 atom stereocenters. The number of benzene rings is 2. The number of anilines is 1. The quantitative estimate of drug-likeness (QED) is 0.695. The van der Waals surface area contributed by atoms with Crippen molar-refractivity contribution in [1.29, 1.82) is 5.26 Å². The second-order valence-corrected chi connectivity index (χ2v) is 7.09. The molecular weight excluding hydrogens is 364 g/mol. The van der Waals surface area contributed by atoms with E-state index in [4.69, 9.17) is 15.0 Å². The van der Waals surface area contributed by atoms with Crippen LogP contribution in [-0.4, -0.2) is 22.1 Å². The van der Waals surface area contributed by atoms with Gasteiger partial charge in [-0.3, -0.25) is 4.79 Å². The van der Waals surface area contributed by atoms with Crippen molar-refractivity contribution in [3.63, 3.8) is 0 Å². The van der Waals surface area contributed by atoms with E-state index < -0.39 is 0 Å². The van der Waals surface area contributed by atoms with Gasteiger partial charge in [0.2, 0.25) is 0 Å². The fourth-order valence-corrected chi connectivity index (χ4v) is 3.42. The van der Waals surface area contributed by atoms with Gasteiger partial charge in [-0.2, -0.15) is 5.26 Å². The van der Waals surface area contributed by atoms with Crippen LogP contribution in [-0.2, 0) is 24.2 Å². The molecule has 0 fully saturated rings. The van der Waals surface area contributed by atoms with Crippen LogP contribution in [0.2, 0.25) is 0 Å². The van der Waals surface area contributed by atoms with E-state index in [0.717, 1.165) is 41.3 Å². The summed E-state index contributed by atoms with van der Waals surface area (Å²) in [6, 6.07) is 17.0. The zero-order valence-corrected chi connectivity index (χ0v) is 16.1. The Morgan fingerprint density at radius 2 is 1.93 bits per heavy atom. The molecule has 6 heteroatoms. The third-order valence-electron chi connectivity index (χ3n) is 4.95.